The van der Waals surface area contributed by atoms with Crippen LogP contribution in [0.2, 0.25) is 0 Å². The number of hydrogen-bond donors (Lipinski definition) is 1. The molecule has 0 fully saturated rings. The maximum atomic E-state index is 12.6. The third-order valence-corrected chi connectivity index (χ3v) is 2.19. The smallest absolute Gasteiger partial charge is 0.124 e. The molecule has 1 nitrogen and oxygen atoms in total. The number of aliphatic hydroxyl groups excluding tert-OH is 1. The Kier molecular flexibility index (Phi) is 3.00. The zero-order chi connectivity index (χ0) is 9.14. The second-order valence-electron chi connectivity index (χ2n) is 2.35. The Morgan fingerprint density at radius 1 is 1.58 bits per heavy atom. The van der Waals surface area contributed by atoms with E-state index in [4.69, 9.17) is 0 Å². The van der Waals surface area contributed by atoms with E-state index in [-0.39, 0.29) is 5.82 Å². The normalized spacial score (nSPS) is 12.6. The molecule has 1 N–H and O–H groups in total. The molecule has 12 heavy (non-hydrogen) atoms. The van der Waals surface area contributed by atoms with E-state index in [0.717, 1.165) is 0 Å². The maximum Gasteiger partial charge on any atom is 0.124 e. The Balaban J connectivity index is 3.09. The van der Waals surface area contributed by atoms with Crippen LogP contribution < -0.4 is 0 Å². The predicted octanol–water partition coefficient (Wildman–Crippen LogP) is 2.81. The molecule has 0 aliphatic heterocycles. The van der Waals surface area contributed by atoms with Crippen LogP contribution in [0, 0.1) is 5.82 Å². The van der Waals surface area contributed by atoms with Crippen molar-refractivity contribution >= 4 is 15.9 Å². The average Bonchev–Trinajstić information content (AvgIpc) is 2.03. The van der Waals surface area contributed by atoms with Crippen LogP contribution in [-0.4, -0.2) is 5.11 Å². The fourth-order valence-corrected chi connectivity index (χ4v) is 1.45. The molecule has 0 aliphatic rings. The molecule has 0 spiro atoms. The summed E-state index contributed by atoms with van der Waals surface area (Å²) in [5, 5.41) is 9.33. The van der Waals surface area contributed by atoms with Crippen LogP contribution in [0.25, 0.3) is 0 Å². The van der Waals surface area contributed by atoms with Crippen LogP contribution in [0.15, 0.2) is 35.3 Å². The van der Waals surface area contributed by atoms with Crippen LogP contribution in [-0.2, 0) is 0 Å². The van der Waals surface area contributed by atoms with Gasteiger partial charge in [0.1, 0.15) is 5.82 Å². The molecule has 0 aliphatic carbocycles. The highest BCUT2D eigenvalue weighted by molar-refractivity contribution is 9.10. The van der Waals surface area contributed by atoms with Crippen LogP contribution in [0.4, 0.5) is 4.39 Å². The molecule has 1 unspecified atom stereocenters. The summed E-state index contributed by atoms with van der Waals surface area (Å²) in [5.74, 6) is -0.332. The first-order chi connectivity index (χ1) is 5.65. The first-order valence-electron chi connectivity index (χ1n) is 3.40. The predicted molar refractivity (Wildman–Crippen MR) is 49.3 cm³/mol. The second-order valence-corrected chi connectivity index (χ2v) is 3.20. The monoisotopic (exact) mass is 230 g/mol. The Hall–Kier alpha value is -0.670. The SMILES string of the molecule is C=CC(O)c1ccc(F)cc1Br. The van der Waals surface area contributed by atoms with Crippen molar-refractivity contribution in [3.05, 3.63) is 46.7 Å². The van der Waals surface area contributed by atoms with E-state index in [9.17, 15) is 9.50 Å². The van der Waals surface area contributed by atoms with Crippen molar-refractivity contribution in [2.45, 2.75) is 6.10 Å². The number of benzene rings is 1. The van der Waals surface area contributed by atoms with Gasteiger partial charge in [0.2, 0.25) is 0 Å². The summed E-state index contributed by atoms with van der Waals surface area (Å²) in [7, 11) is 0. The van der Waals surface area contributed by atoms with E-state index in [1.165, 1.54) is 24.3 Å². The molecule has 0 amide bonds. The minimum atomic E-state index is -0.750. The van der Waals surface area contributed by atoms with Gasteiger partial charge in [-0.2, -0.15) is 0 Å². The van der Waals surface area contributed by atoms with Gasteiger partial charge >= 0.3 is 0 Å². The number of halogens is 2. The fraction of sp³-hybridized carbons (Fsp3) is 0.111. The van der Waals surface area contributed by atoms with Gasteiger partial charge in [-0.05, 0) is 17.7 Å². The van der Waals surface area contributed by atoms with Crippen molar-refractivity contribution in [2.75, 3.05) is 0 Å². The van der Waals surface area contributed by atoms with Gasteiger partial charge in [-0.3, -0.25) is 0 Å². The molecule has 0 saturated carbocycles. The van der Waals surface area contributed by atoms with Crippen LogP contribution in [0.5, 0.6) is 0 Å². The molecule has 0 bridgehead atoms. The third-order valence-electron chi connectivity index (χ3n) is 1.50. The van der Waals surface area contributed by atoms with Crippen molar-refractivity contribution in [1.82, 2.24) is 0 Å². The van der Waals surface area contributed by atoms with Gasteiger partial charge < -0.3 is 5.11 Å². The van der Waals surface area contributed by atoms with Crippen LogP contribution in [0.1, 0.15) is 11.7 Å². The largest absolute Gasteiger partial charge is 0.384 e. The molecule has 1 rings (SSSR count). The Bertz CT molecular complexity index is 299. The summed E-state index contributed by atoms with van der Waals surface area (Å²) in [6.45, 7) is 3.44. The van der Waals surface area contributed by atoms with Gasteiger partial charge in [0.05, 0.1) is 6.10 Å². The first kappa shape index (κ1) is 9.42. The van der Waals surface area contributed by atoms with Crippen molar-refractivity contribution in [3.63, 3.8) is 0 Å². The summed E-state index contributed by atoms with van der Waals surface area (Å²) in [4.78, 5) is 0. The van der Waals surface area contributed by atoms with Crippen molar-refractivity contribution in [3.8, 4) is 0 Å². The molecule has 64 valence electrons. The fourth-order valence-electron chi connectivity index (χ4n) is 0.868. The van der Waals surface area contributed by atoms with E-state index in [1.807, 2.05) is 0 Å². The maximum absolute atomic E-state index is 12.6. The second kappa shape index (κ2) is 3.83. The molecule has 0 aromatic heterocycles. The summed E-state index contributed by atoms with van der Waals surface area (Å²) in [5.41, 5.74) is 0.617. The molecule has 1 atom stereocenters. The Labute approximate surface area is 78.7 Å². The highest BCUT2D eigenvalue weighted by Gasteiger charge is 2.07. The summed E-state index contributed by atoms with van der Waals surface area (Å²) < 4.78 is 13.1. The minimum Gasteiger partial charge on any atom is -0.384 e. The molecular formula is C9H8BrFO. The lowest BCUT2D eigenvalue weighted by molar-refractivity contribution is 0.228. The number of aliphatic hydroxyl groups is 1. The number of hydrogen-bond acceptors (Lipinski definition) is 1. The van der Waals surface area contributed by atoms with E-state index in [0.29, 0.717) is 10.0 Å². The molecule has 3 heteroatoms. The summed E-state index contributed by atoms with van der Waals surface area (Å²) >= 11 is 3.14. The lowest BCUT2D eigenvalue weighted by Crippen LogP contribution is -1.94. The minimum absolute atomic E-state index is 0.332. The molecule has 0 heterocycles. The Morgan fingerprint density at radius 3 is 2.75 bits per heavy atom. The van der Waals surface area contributed by atoms with Crippen LogP contribution >= 0.6 is 15.9 Å². The van der Waals surface area contributed by atoms with Gasteiger partial charge in [-0.1, -0.05) is 28.1 Å². The topological polar surface area (TPSA) is 20.2 Å². The molecule has 0 saturated heterocycles. The van der Waals surface area contributed by atoms with Crippen molar-refractivity contribution in [2.24, 2.45) is 0 Å². The lowest BCUT2D eigenvalue weighted by atomic mass is 10.1. The van der Waals surface area contributed by atoms with Crippen LogP contribution in [0.3, 0.4) is 0 Å². The van der Waals surface area contributed by atoms with E-state index < -0.39 is 6.10 Å². The summed E-state index contributed by atoms with van der Waals surface area (Å²) in [6, 6.07) is 4.13. The van der Waals surface area contributed by atoms with Gasteiger partial charge in [-0.25, -0.2) is 4.39 Å². The molecule has 1 aromatic carbocycles. The highest BCUT2D eigenvalue weighted by Crippen LogP contribution is 2.24. The van der Waals surface area contributed by atoms with Gasteiger partial charge in [0, 0.05) is 4.47 Å². The van der Waals surface area contributed by atoms with E-state index >= 15 is 0 Å². The van der Waals surface area contributed by atoms with Gasteiger partial charge in [-0.15, -0.1) is 6.58 Å². The molecular weight excluding hydrogens is 223 g/mol. The molecule has 0 radical (unpaired) electrons. The number of rotatable bonds is 2. The summed E-state index contributed by atoms with van der Waals surface area (Å²) in [6.07, 6.45) is 0.637. The van der Waals surface area contributed by atoms with Gasteiger partial charge in [0.15, 0.2) is 0 Å². The Morgan fingerprint density at radius 2 is 2.25 bits per heavy atom. The average molecular weight is 231 g/mol. The highest BCUT2D eigenvalue weighted by atomic mass is 79.9. The third kappa shape index (κ3) is 1.93. The van der Waals surface area contributed by atoms with Gasteiger partial charge in [0.25, 0.3) is 0 Å². The molecule has 1 aromatic rings. The van der Waals surface area contributed by atoms with E-state index in [1.54, 1.807) is 0 Å². The zero-order valence-electron chi connectivity index (χ0n) is 6.30. The van der Waals surface area contributed by atoms with E-state index in [2.05, 4.69) is 22.5 Å². The zero-order valence-corrected chi connectivity index (χ0v) is 7.88. The quantitative estimate of drug-likeness (QED) is 0.776. The lowest BCUT2D eigenvalue weighted by Gasteiger charge is -2.07. The first-order valence-corrected chi connectivity index (χ1v) is 4.20. The van der Waals surface area contributed by atoms with Crippen molar-refractivity contribution < 1.29 is 9.50 Å². The standard InChI is InChI=1S/C9H8BrFO/c1-2-9(12)7-4-3-6(11)5-8(7)10/h2-5,9,12H,1H2. The van der Waals surface area contributed by atoms with Crippen molar-refractivity contribution in [1.29, 1.82) is 0 Å².